The van der Waals surface area contributed by atoms with Gasteiger partial charge in [0.2, 0.25) is 0 Å². The van der Waals surface area contributed by atoms with Gasteiger partial charge in [-0.3, -0.25) is 14.9 Å². The van der Waals surface area contributed by atoms with Gasteiger partial charge >= 0.3 is 5.97 Å². The van der Waals surface area contributed by atoms with E-state index in [1.807, 2.05) is 0 Å². The molecule has 2 aromatic carbocycles. The Morgan fingerprint density at radius 1 is 1.17 bits per heavy atom. The molecule has 0 bridgehead atoms. The van der Waals surface area contributed by atoms with E-state index in [1.54, 1.807) is 0 Å². The van der Waals surface area contributed by atoms with Gasteiger partial charge in [-0.1, -0.05) is 12.1 Å². The second-order valence-electron chi connectivity index (χ2n) is 4.82. The second-order valence-corrected chi connectivity index (χ2v) is 4.82. The molecule has 24 heavy (non-hydrogen) atoms. The Morgan fingerprint density at radius 3 is 2.42 bits per heavy atom. The van der Waals surface area contributed by atoms with Crippen LogP contribution in [0.1, 0.15) is 17.3 Å². The van der Waals surface area contributed by atoms with E-state index in [-0.39, 0.29) is 5.56 Å². The number of hydrogen-bond donors (Lipinski definition) is 1. The molecule has 2 rings (SSSR count). The number of amides is 1. The summed E-state index contributed by atoms with van der Waals surface area (Å²) in [5.41, 5.74) is -0.326. The fourth-order valence-corrected chi connectivity index (χ4v) is 1.86. The Bertz CT molecular complexity index is 776. The number of rotatable bonds is 5. The van der Waals surface area contributed by atoms with Gasteiger partial charge in [0, 0.05) is 11.8 Å². The third-order valence-electron chi connectivity index (χ3n) is 3.09. The van der Waals surface area contributed by atoms with E-state index in [4.69, 9.17) is 4.74 Å². The van der Waals surface area contributed by atoms with Crippen molar-refractivity contribution in [3.8, 4) is 0 Å². The van der Waals surface area contributed by atoms with E-state index in [9.17, 15) is 24.1 Å². The molecule has 1 unspecified atom stereocenters. The highest BCUT2D eigenvalue weighted by molar-refractivity contribution is 5.98. The number of hydrogen-bond acceptors (Lipinski definition) is 5. The van der Waals surface area contributed by atoms with Gasteiger partial charge in [0.1, 0.15) is 11.4 Å². The van der Waals surface area contributed by atoms with Crippen molar-refractivity contribution in [3.05, 3.63) is 70.0 Å². The lowest BCUT2D eigenvalue weighted by atomic mass is 10.2. The van der Waals surface area contributed by atoms with Crippen LogP contribution in [0.3, 0.4) is 0 Å². The molecular formula is C16H13FN2O5. The average molecular weight is 332 g/mol. The van der Waals surface area contributed by atoms with Crippen molar-refractivity contribution in [2.24, 2.45) is 0 Å². The Kier molecular flexibility index (Phi) is 5.20. The van der Waals surface area contributed by atoms with Gasteiger partial charge in [-0.2, -0.15) is 0 Å². The number of nitro benzene ring substituents is 1. The number of nitro groups is 1. The van der Waals surface area contributed by atoms with Gasteiger partial charge in [-0.25, -0.2) is 9.18 Å². The molecule has 0 spiro atoms. The van der Waals surface area contributed by atoms with Crippen molar-refractivity contribution in [3.63, 3.8) is 0 Å². The highest BCUT2D eigenvalue weighted by atomic mass is 19.1. The molecule has 0 saturated heterocycles. The molecule has 8 heteroatoms. The maximum atomic E-state index is 12.8. The SMILES string of the molecule is CC(OC(=O)c1ccccc1[N+](=O)[O-])C(=O)Nc1ccc(F)cc1. The summed E-state index contributed by atoms with van der Waals surface area (Å²) >= 11 is 0. The number of halogens is 1. The molecule has 0 heterocycles. The van der Waals surface area contributed by atoms with E-state index in [1.165, 1.54) is 55.5 Å². The van der Waals surface area contributed by atoms with Crippen LogP contribution in [0.4, 0.5) is 15.8 Å². The maximum absolute atomic E-state index is 12.8. The van der Waals surface area contributed by atoms with Crippen LogP contribution in [-0.4, -0.2) is 22.9 Å². The first-order chi connectivity index (χ1) is 11.4. The molecule has 2 aromatic rings. The Labute approximate surface area is 136 Å². The summed E-state index contributed by atoms with van der Waals surface area (Å²) in [5, 5.41) is 13.3. The summed E-state index contributed by atoms with van der Waals surface area (Å²) in [5.74, 6) is -2.08. The van der Waals surface area contributed by atoms with Gasteiger partial charge in [-0.05, 0) is 37.3 Å². The van der Waals surface area contributed by atoms with E-state index in [0.717, 1.165) is 0 Å². The van der Waals surface area contributed by atoms with Gasteiger partial charge < -0.3 is 10.1 Å². The number of nitrogens with one attached hydrogen (secondary N) is 1. The molecule has 1 atom stereocenters. The summed E-state index contributed by atoms with van der Waals surface area (Å²) in [6, 6.07) is 10.3. The minimum Gasteiger partial charge on any atom is -0.449 e. The van der Waals surface area contributed by atoms with Crippen LogP contribution in [0.25, 0.3) is 0 Å². The molecule has 1 N–H and O–H groups in total. The molecule has 0 aliphatic carbocycles. The normalized spacial score (nSPS) is 11.4. The van der Waals surface area contributed by atoms with Gasteiger partial charge in [-0.15, -0.1) is 0 Å². The van der Waals surface area contributed by atoms with Crippen LogP contribution in [0, 0.1) is 15.9 Å². The summed E-state index contributed by atoms with van der Waals surface area (Å²) in [6.07, 6.45) is -1.19. The van der Waals surface area contributed by atoms with E-state index < -0.39 is 34.4 Å². The van der Waals surface area contributed by atoms with Crippen molar-refractivity contribution in [2.45, 2.75) is 13.0 Å². The van der Waals surface area contributed by atoms with Crippen LogP contribution in [0.5, 0.6) is 0 Å². The summed E-state index contributed by atoms with van der Waals surface area (Å²) in [7, 11) is 0. The predicted octanol–water partition coefficient (Wildman–Crippen LogP) is 2.92. The lowest BCUT2D eigenvalue weighted by molar-refractivity contribution is -0.385. The standard InChI is InChI=1S/C16H13FN2O5/c1-10(15(20)18-12-8-6-11(17)7-9-12)24-16(21)13-4-2-3-5-14(13)19(22)23/h2-10H,1H3,(H,18,20). The molecule has 7 nitrogen and oxygen atoms in total. The van der Waals surface area contributed by atoms with Crippen molar-refractivity contribution in [2.75, 3.05) is 5.32 Å². The van der Waals surface area contributed by atoms with E-state index in [0.29, 0.717) is 5.69 Å². The first-order valence-corrected chi connectivity index (χ1v) is 6.89. The molecule has 0 fully saturated rings. The smallest absolute Gasteiger partial charge is 0.345 e. The van der Waals surface area contributed by atoms with E-state index in [2.05, 4.69) is 5.32 Å². The molecule has 0 aliphatic heterocycles. The molecule has 124 valence electrons. The number of carbonyl (C=O) groups excluding carboxylic acids is 2. The summed E-state index contributed by atoms with van der Waals surface area (Å²) < 4.78 is 17.8. The van der Waals surface area contributed by atoms with Crippen LogP contribution < -0.4 is 5.32 Å². The van der Waals surface area contributed by atoms with Crippen molar-refractivity contribution < 1.29 is 23.6 Å². The lowest BCUT2D eigenvalue weighted by Gasteiger charge is -2.13. The van der Waals surface area contributed by atoms with E-state index >= 15 is 0 Å². The van der Waals surface area contributed by atoms with Crippen molar-refractivity contribution in [1.82, 2.24) is 0 Å². The van der Waals surface area contributed by atoms with Crippen LogP contribution in [-0.2, 0) is 9.53 Å². The predicted molar refractivity (Wildman–Crippen MR) is 83.0 cm³/mol. The quantitative estimate of drug-likeness (QED) is 0.515. The van der Waals surface area contributed by atoms with Gasteiger partial charge in [0.25, 0.3) is 11.6 Å². The van der Waals surface area contributed by atoms with Gasteiger partial charge in [0.15, 0.2) is 6.10 Å². The maximum Gasteiger partial charge on any atom is 0.345 e. The molecule has 0 saturated carbocycles. The molecular weight excluding hydrogens is 319 g/mol. The first kappa shape index (κ1) is 17.1. The zero-order chi connectivity index (χ0) is 17.7. The second kappa shape index (κ2) is 7.32. The Morgan fingerprint density at radius 2 is 1.79 bits per heavy atom. The zero-order valence-corrected chi connectivity index (χ0v) is 12.6. The van der Waals surface area contributed by atoms with Crippen molar-refractivity contribution >= 4 is 23.3 Å². The highest BCUT2D eigenvalue weighted by Gasteiger charge is 2.24. The minimum atomic E-state index is -1.19. The average Bonchev–Trinajstić information content (AvgIpc) is 2.56. The number of esters is 1. The van der Waals surface area contributed by atoms with Crippen LogP contribution in [0.2, 0.25) is 0 Å². The first-order valence-electron chi connectivity index (χ1n) is 6.89. The molecule has 0 radical (unpaired) electrons. The summed E-state index contributed by atoms with van der Waals surface area (Å²) in [6.45, 7) is 1.32. The topological polar surface area (TPSA) is 98.5 Å². The zero-order valence-electron chi connectivity index (χ0n) is 12.6. The van der Waals surface area contributed by atoms with Crippen molar-refractivity contribution in [1.29, 1.82) is 0 Å². The fourth-order valence-electron chi connectivity index (χ4n) is 1.86. The number of carbonyl (C=O) groups is 2. The van der Waals surface area contributed by atoms with Gasteiger partial charge in [0.05, 0.1) is 4.92 Å². The number of para-hydroxylation sites is 1. The number of nitrogens with zero attached hydrogens (tertiary/aromatic N) is 1. The Balaban J connectivity index is 2.04. The Hall–Kier alpha value is -3.29. The lowest BCUT2D eigenvalue weighted by Crippen LogP contribution is -2.30. The fraction of sp³-hybridized carbons (Fsp3) is 0.125. The third kappa shape index (κ3) is 4.13. The monoisotopic (exact) mass is 332 g/mol. The van der Waals surface area contributed by atoms with Crippen LogP contribution in [0.15, 0.2) is 48.5 Å². The number of benzene rings is 2. The third-order valence-corrected chi connectivity index (χ3v) is 3.09. The minimum absolute atomic E-state index is 0.246. The molecule has 0 aliphatic rings. The molecule has 1 amide bonds. The number of anilines is 1. The number of ether oxygens (including phenoxy) is 1. The summed E-state index contributed by atoms with van der Waals surface area (Å²) in [4.78, 5) is 34.2. The highest BCUT2D eigenvalue weighted by Crippen LogP contribution is 2.19. The molecule has 0 aromatic heterocycles. The van der Waals surface area contributed by atoms with Crippen LogP contribution >= 0.6 is 0 Å². The largest absolute Gasteiger partial charge is 0.449 e.